The number of nitrogens with zero attached hydrogens (tertiary/aromatic N) is 1. The van der Waals surface area contributed by atoms with Gasteiger partial charge in [-0.25, -0.2) is 0 Å². The molecule has 0 aliphatic carbocycles. The number of amides is 3. The van der Waals surface area contributed by atoms with Crippen LogP contribution in [0, 0.1) is 3.57 Å². The Kier molecular flexibility index (Phi) is 9.12. The van der Waals surface area contributed by atoms with Crippen molar-refractivity contribution in [3.63, 3.8) is 0 Å². The van der Waals surface area contributed by atoms with Crippen LogP contribution < -0.4 is 14.8 Å². The second-order valence-corrected chi connectivity index (χ2v) is 10.4. The highest BCUT2D eigenvalue weighted by atomic mass is 127. The fourth-order valence-corrected chi connectivity index (χ4v) is 5.33. The summed E-state index contributed by atoms with van der Waals surface area (Å²) in [6.45, 7) is 2.11. The first-order valence-corrected chi connectivity index (χ1v) is 13.6. The second kappa shape index (κ2) is 12.5. The molecule has 0 spiro atoms. The van der Waals surface area contributed by atoms with Crippen molar-refractivity contribution in [2.24, 2.45) is 0 Å². The van der Waals surface area contributed by atoms with Crippen LogP contribution in [-0.2, 0) is 16.1 Å². The van der Waals surface area contributed by atoms with Gasteiger partial charge in [-0.3, -0.25) is 19.3 Å². The zero-order valence-corrected chi connectivity index (χ0v) is 23.4. The lowest BCUT2D eigenvalue weighted by Gasteiger charge is -2.15. The topological polar surface area (TPSA) is 84.9 Å². The number of carbonyl (C=O) groups is 3. The number of thioether (sulfide) groups is 1. The number of para-hydroxylation sites is 1. The van der Waals surface area contributed by atoms with Crippen LogP contribution in [-0.4, -0.2) is 35.2 Å². The van der Waals surface area contributed by atoms with Crippen molar-refractivity contribution in [2.45, 2.75) is 13.5 Å². The molecule has 3 amide bonds. The first kappa shape index (κ1) is 27.0. The third-order valence-electron chi connectivity index (χ3n) is 5.19. The van der Waals surface area contributed by atoms with E-state index < -0.39 is 0 Å². The monoisotopic (exact) mass is 648 g/mol. The Hall–Kier alpha value is -3.02. The van der Waals surface area contributed by atoms with E-state index in [1.165, 1.54) is 4.90 Å². The van der Waals surface area contributed by atoms with E-state index in [-0.39, 0.29) is 30.2 Å². The van der Waals surface area contributed by atoms with Gasteiger partial charge in [0, 0.05) is 10.7 Å². The number of rotatable bonds is 9. The number of carbonyl (C=O) groups excluding carboxylic acids is 3. The highest BCUT2D eigenvalue weighted by Crippen LogP contribution is 2.38. The van der Waals surface area contributed by atoms with E-state index in [0.717, 1.165) is 11.8 Å². The molecule has 3 aromatic rings. The molecular formula is C27H22ClIN2O5S. The van der Waals surface area contributed by atoms with Gasteiger partial charge in [-0.2, -0.15) is 0 Å². The van der Waals surface area contributed by atoms with Crippen molar-refractivity contribution in [2.75, 3.05) is 18.5 Å². The van der Waals surface area contributed by atoms with Gasteiger partial charge in [0.25, 0.3) is 17.1 Å². The van der Waals surface area contributed by atoms with Crippen molar-refractivity contribution in [1.29, 1.82) is 0 Å². The SMILES string of the molecule is CCOc1cc(/C=C2\SC(=O)N(Cc3ccccc3Cl)C2=O)cc(I)c1OCC(=O)Nc1ccccc1. The molecule has 7 nitrogen and oxygen atoms in total. The molecule has 1 N–H and O–H groups in total. The molecule has 0 unspecified atom stereocenters. The Morgan fingerprint density at radius 3 is 2.54 bits per heavy atom. The van der Waals surface area contributed by atoms with Gasteiger partial charge in [-0.1, -0.05) is 48.0 Å². The van der Waals surface area contributed by atoms with Gasteiger partial charge in [0.1, 0.15) is 0 Å². The predicted molar refractivity (Wildman–Crippen MR) is 154 cm³/mol. The molecule has 0 radical (unpaired) electrons. The fraction of sp³-hybridized carbons (Fsp3) is 0.148. The summed E-state index contributed by atoms with van der Waals surface area (Å²) in [5.41, 5.74) is 2.03. The molecule has 4 rings (SSSR count). The molecule has 10 heteroatoms. The van der Waals surface area contributed by atoms with Crippen molar-refractivity contribution >= 4 is 74.8 Å². The van der Waals surface area contributed by atoms with E-state index in [4.69, 9.17) is 21.1 Å². The highest BCUT2D eigenvalue weighted by Gasteiger charge is 2.35. The third kappa shape index (κ3) is 6.85. The van der Waals surface area contributed by atoms with Crippen LogP contribution in [0.4, 0.5) is 10.5 Å². The van der Waals surface area contributed by atoms with Gasteiger partial charge in [-0.05, 0) is 88.8 Å². The molecule has 190 valence electrons. The van der Waals surface area contributed by atoms with Crippen molar-refractivity contribution in [1.82, 2.24) is 4.90 Å². The Morgan fingerprint density at radius 2 is 1.81 bits per heavy atom. The van der Waals surface area contributed by atoms with Crippen molar-refractivity contribution in [3.8, 4) is 11.5 Å². The molecule has 3 aromatic carbocycles. The van der Waals surface area contributed by atoms with Gasteiger partial charge in [-0.15, -0.1) is 0 Å². The van der Waals surface area contributed by atoms with Crippen molar-refractivity contribution < 1.29 is 23.9 Å². The lowest BCUT2D eigenvalue weighted by Crippen LogP contribution is -2.27. The van der Waals surface area contributed by atoms with Crippen LogP contribution in [0.3, 0.4) is 0 Å². The first-order chi connectivity index (χ1) is 17.9. The summed E-state index contributed by atoms with van der Waals surface area (Å²) in [5.74, 6) is 0.166. The molecule has 0 saturated carbocycles. The second-order valence-electron chi connectivity index (χ2n) is 7.83. The summed E-state index contributed by atoms with van der Waals surface area (Å²) >= 11 is 9.17. The van der Waals surface area contributed by atoms with E-state index in [9.17, 15) is 14.4 Å². The molecule has 1 heterocycles. The molecule has 1 saturated heterocycles. The minimum Gasteiger partial charge on any atom is -0.490 e. The minimum absolute atomic E-state index is 0.0984. The summed E-state index contributed by atoms with van der Waals surface area (Å²) < 4.78 is 12.3. The lowest BCUT2D eigenvalue weighted by molar-refractivity contribution is -0.123. The Labute approximate surface area is 237 Å². The summed E-state index contributed by atoms with van der Waals surface area (Å²) in [4.78, 5) is 39.4. The maximum Gasteiger partial charge on any atom is 0.293 e. The van der Waals surface area contributed by atoms with E-state index in [1.54, 1.807) is 48.5 Å². The van der Waals surface area contributed by atoms with Gasteiger partial charge in [0.2, 0.25) is 0 Å². The average Bonchev–Trinajstić information content (AvgIpc) is 3.13. The predicted octanol–water partition coefficient (Wildman–Crippen LogP) is 6.60. The molecule has 1 fully saturated rings. The number of benzene rings is 3. The maximum atomic E-state index is 13.0. The minimum atomic E-state index is -0.388. The van der Waals surface area contributed by atoms with Crippen LogP contribution in [0.2, 0.25) is 5.02 Å². The molecule has 37 heavy (non-hydrogen) atoms. The zero-order valence-electron chi connectivity index (χ0n) is 19.7. The largest absolute Gasteiger partial charge is 0.490 e. The summed E-state index contributed by atoms with van der Waals surface area (Å²) in [6.07, 6.45) is 1.65. The third-order valence-corrected chi connectivity index (χ3v) is 7.27. The standard InChI is InChI=1S/C27H22ClIN2O5S/c1-2-35-22-13-17(12-21(29)25(22)36-16-24(32)30-19-9-4-3-5-10-19)14-23-26(33)31(27(34)37-23)15-18-8-6-7-11-20(18)28/h3-14H,2,15-16H2,1H3,(H,30,32)/b23-14-. The Bertz CT molecular complexity index is 1370. The summed E-state index contributed by atoms with van der Waals surface area (Å²) in [5, 5.41) is 2.91. The number of imide groups is 1. The summed E-state index contributed by atoms with van der Waals surface area (Å²) in [7, 11) is 0. The van der Waals surface area contributed by atoms with E-state index in [0.29, 0.717) is 48.4 Å². The number of nitrogens with one attached hydrogen (secondary N) is 1. The van der Waals surface area contributed by atoms with E-state index >= 15 is 0 Å². The number of halogens is 2. The highest BCUT2D eigenvalue weighted by molar-refractivity contribution is 14.1. The number of hydrogen-bond acceptors (Lipinski definition) is 6. The van der Waals surface area contributed by atoms with Gasteiger partial charge < -0.3 is 14.8 Å². The van der Waals surface area contributed by atoms with Gasteiger partial charge in [0.15, 0.2) is 18.1 Å². The number of anilines is 1. The molecule has 1 aliphatic heterocycles. The van der Waals surface area contributed by atoms with Crippen LogP contribution in [0.25, 0.3) is 6.08 Å². The Morgan fingerprint density at radius 1 is 1.08 bits per heavy atom. The smallest absolute Gasteiger partial charge is 0.293 e. The number of hydrogen-bond donors (Lipinski definition) is 1. The summed E-state index contributed by atoms with van der Waals surface area (Å²) in [6, 6.07) is 19.7. The molecule has 0 bridgehead atoms. The van der Waals surface area contributed by atoms with E-state index in [2.05, 4.69) is 27.9 Å². The number of ether oxygens (including phenoxy) is 2. The van der Waals surface area contributed by atoms with Crippen molar-refractivity contribution in [3.05, 3.63) is 91.4 Å². The first-order valence-electron chi connectivity index (χ1n) is 11.3. The normalized spacial score (nSPS) is 14.2. The van der Waals surface area contributed by atoms with E-state index in [1.807, 2.05) is 31.2 Å². The lowest BCUT2D eigenvalue weighted by atomic mass is 10.1. The zero-order chi connectivity index (χ0) is 26.4. The van der Waals surface area contributed by atoms with Crippen LogP contribution >= 0.6 is 46.0 Å². The Balaban J connectivity index is 1.50. The average molecular weight is 649 g/mol. The van der Waals surface area contributed by atoms with Crippen LogP contribution in [0.15, 0.2) is 71.6 Å². The molecule has 0 aromatic heterocycles. The quantitative estimate of drug-likeness (QED) is 0.208. The molecular weight excluding hydrogens is 627 g/mol. The molecule has 0 atom stereocenters. The van der Waals surface area contributed by atoms with Crippen LogP contribution in [0.5, 0.6) is 11.5 Å². The maximum absolute atomic E-state index is 13.0. The molecule has 1 aliphatic rings. The fourth-order valence-electron chi connectivity index (χ4n) is 3.52. The van der Waals surface area contributed by atoms with Crippen LogP contribution in [0.1, 0.15) is 18.1 Å². The van der Waals surface area contributed by atoms with Gasteiger partial charge >= 0.3 is 0 Å². The van der Waals surface area contributed by atoms with Gasteiger partial charge in [0.05, 0.1) is 21.6 Å².